The average molecular weight is 243 g/mol. The van der Waals surface area contributed by atoms with Crippen LogP contribution in [0.1, 0.15) is 31.5 Å². The lowest BCUT2D eigenvalue weighted by Crippen LogP contribution is -2.11. The van der Waals surface area contributed by atoms with E-state index in [1.807, 2.05) is 0 Å². The zero-order valence-electron chi connectivity index (χ0n) is 8.03. The molecule has 1 rings (SSSR count). The van der Waals surface area contributed by atoms with E-state index in [4.69, 9.17) is 5.73 Å². The van der Waals surface area contributed by atoms with Gasteiger partial charge < -0.3 is 5.73 Å². The molecule has 0 aliphatic heterocycles. The molecular formula is C8H16Cl2N2S. The maximum absolute atomic E-state index is 5.45. The monoisotopic (exact) mass is 242 g/mol. The molecule has 1 aromatic rings. The van der Waals surface area contributed by atoms with Crippen LogP contribution < -0.4 is 5.73 Å². The molecule has 1 aromatic heterocycles. The first-order chi connectivity index (χ1) is 5.04. The summed E-state index contributed by atoms with van der Waals surface area (Å²) in [6.45, 7) is 7.02. The van der Waals surface area contributed by atoms with Gasteiger partial charge in [0.05, 0.1) is 5.69 Å². The van der Waals surface area contributed by atoms with E-state index in [-0.39, 0.29) is 30.2 Å². The van der Waals surface area contributed by atoms with Crippen molar-refractivity contribution in [1.82, 2.24) is 4.98 Å². The van der Waals surface area contributed by atoms with Crippen LogP contribution in [0.5, 0.6) is 0 Å². The van der Waals surface area contributed by atoms with Crippen LogP contribution in [0.15, 0.2) is 5.38 Å². The number of nitrogens with two attached hydrogens (primary N) is 1. The number of halogens is 2. The van der Waals surface area contributed by atoms with Crippen LogP contribution in [0, 0.1) is 0 Å². The van der Waals surface area contributed by atoms with E-state index in [2.05, 4.69) is 31.1 Å². The Hall–Kier alpha value is 0.170. The molecule has 0 unspecified atom stereocenters. The van der Waals surface area contributed by atoms with E-state index in [9.17, 15) is 0 Å². The molecule has 0 bridgehead atoms. The summed E-state index contributed by atoms with van der Waals surface area (Å²) in [5.74, 6) is 0. The van der Waals surface area contributed by atoms with Crippen molar-refractivity contribution in [3.8, 4) is 0 Å². The molecule has 2 nitrogen and oxygen atoms in total. The maximum atomic E-state index is 5.45. The molecule has 0 spiro atoms. The van der Waals surface area contributed by atoms with E-state index in [0.717, 1.165) is 10.7 Å². The smallest absolute Gasteiger partial charge is 0.106 e. The van der Waals surface area contributed by atoms with Gasteiger partial charge in [-0.2, -0.15) is 0 Å². The first kappa shape index (κ1) is 15.6. The minimum absolute atomic E-state index is 0. The number of hydrogen-bond donors (Lipinski definition) is 1. The molecule has 78 valence electrons. The van der Waals surface area contributed by atoms with Crippen molar-refractivity contribution >= 4 is 36.2 Å². The zero-order valence-corrected chi connectivity index (χ0v) is 10.5. The van der Waals surface area contributed by atoms with Crippen molar-refractivity contribution in [2.45, 2.75) is 32.7 Å². The Labute approximate surface area is 95.8 Å². The summed E-state index contributed by atoms with van der Waals surface area (Å²) in [7, 11) is 0. The van der Waals surface area contributed by atoms with Gasteiger partial charge in [0.25, 0.3) is 0 Å². The predicted octanol–water partition coefficient (Wildman–Crippen LogP) is 2.74. The molecular weight excluding hydrogens is 227 g/mol. The fourth-order valence-corrected chi connectivity index (χ4v) is 1.65. The molecule has 0 atom stereocenters. The normalized spacial score (nSPS) is 10.2. The van der Waals surface area contributed by atoms with Crippen molar-refractivity contribution in [2.75, 3.05) is 0 Å². The lowest BCUT2D eigenvalue weighted by atomic mass is 9.93. The summed E-state index contributed by atoms with van der Waals surface area (Å²) in [6, 6.07) is 0. The minimum Gasteiger partial charge on any atom is -0.325 e. The van der Waals surface area contributed by atoms with Gasteiger partial charge in [0, 0.05) is 17.3 Å². The predicted molar refractivity (Wildman–Crippen MR) is 63.2 cm³/mol. The van der Waals surface area contributed by atoms with Crippen LogP contribution in [0.25, 0.3) is 0 Å². The van der Waals surface area contributed by atoms with E-state index in [0.29, 0.717) is 6.54 Å². The van der Waals surface area contributed by atoms with E-state index >= 15 is 0 Å². The van der Waals surface area contributed by atoms with Crippen molar-refractivity contribution in [1.29, 1.82) is 0 Å². The highest BCUT2D eigenvalue weighted by Gasteiger charge is 2.16. The molecule has 13 heavy (non-hydrogen) atoms. The number of nitrogens with zero attached hydrogens (tertiary/aromatic N) is 1. The van der Waals surface area contributed by atoms with Gasteiger partial charge in [-0.15, -0.1) is 36.2 Å². The standard InChI is InChI=1S/C8H14N2S.2ClH/c1-8(2,3)6-5-11-7(4-9)10-6;;/h5H,4,9H2,1-3H3;2*1H. The Kier molecular flexibility index (Phi) is 6.98. The lowest BCUT2D eigenvalue weighted by molar-refractivity contribution is 0.571. The molecule has 0 saturated heterocycles. The van der Waals surface area contributed by atoms with Gasteiger partial charge in [0.2, 0.25) is 0 Å². The first-order valence-corrected chi connectivity index (χ1v) is 4.57. The van der Waals surface area contributed by atoms with Crippen LogP contribution in [0.4, 0.5) is 0 Å². The molecule has 0 saturated carbocycles. The van der Waals surface area contributed by atoms with Crippen molar-refractivity contribution in [3.05, 3.63) is 16.1 Å². The third-order valence-corrected chi connectivity index (χ3v) is 2.37. The maximum Gasteiger partial charge on any atom is 0.106 e. The van der Waals surface area contributed by atoms with Gasteiger partial charge in [-0.1, -0.05) is 20.8 Å². The average Bonchev–Trinajstić information content (AvgIpc) is 2.32. The highest BCUT2D eigenvalue weighted by Crippen LogP contribution is 2.23. The fraction of sp³-hybridized carbons (Fsp3) is 0.625. The molecule has 0 amide bonds. The van der Waals surface area contributed by atoms with Crippen LogP contribution >= 0.6 is 36.2 Å². The van der Waals surface area contributed by atoms with Crippen LogP contribution in [0.3, 0.4) is 0 Å². The number of rotatable bonds is 1. The molecule has 5 heteroatoms. The fourth-order valence-electron chi connectivity index (χ4n) is 0.749. The molecule has 0 aliphatic rings. The van der Waals surface area contributed by atoms with Gasteiger partial charge in [-0.25, -0.2) is 4.98 Å². The second-order valence-corrected chi connectivity index (χ2v) is 4.52. The summed E-state index contributed by atoms with van der Waals surface area (Å²) >= 11 is 1.64. The second-order valence-electron chi connectivity index (χ2n) is 3.58. The quantitative estimate of drug-likeness (QED) is 0.823. The summed E-state index contributed by atoms with van der Waals surface area (Å²) in [6.07, 6.45) is 0. The molecule has 2 N–H and O–H groups in total. The van der Waals surface area contributed by atoms with Crippen molar-refractivity contribution < 1.29 is 0 Å². The third kappa shape index (κ3) is 4.27. The topological polar surface area (TPSA) is 38.9 Å². The minimum atomic E-state index is 0. The van der Waals surface area contributed by atoms with E-state index < -0.39 is 0 Å². The highest BCUT2D eigenvalue weighted by molar-refractivity contribution is 7.09. The Morgan fingerprint density at radius 3 is 2.15 bits per heavy atom. The number of thiazole rings is 1. The van der Waals surface area contributed by atoms with Gasteiger partial charge in [-0.05, 0) is 0 Å². The first-order valence-electron chi connectivity index (χ1n) is 3.69. The van der Waals surface area contributed by atoms with E-state index in [1.165, 1.54) is 0 Å². The molecule has 0 fully saturated rings. The van der Waals surface area contributed by atoms with Crippen molar-refractivity contribution in [2.24, 2.45) is 5.73 Å². The second kappa shape index (κ2) is 5.81. The molecule has 0 aliphatic carbocycles. The van der Waals surface area contributed by atoms with Crippen LogP contribution in [0.2, 0.25) is 0 Å². The SMILES string of the molecule is CC(C)(C)c1csc(CN)n1.Cl.Cl. The Bertz CT molecular complexity index is 243. The van der Waals surface area contributed by atoms with Gasteiger partial charge in [0.15, 0.2) is 0 Å². The van der Waals surface area contributed by atoms with Crippen molar-refractivity contribution in [3.63, 3.8) is 0 Å². The van der Waals surface area contributed by atoms with E-state index in [1.54, 1.807) is 11.3 Å². The molecule has 0 aromatic carbocycles. The largest absolute Gasteiger partial charge is 0.325 e. The van der Waals surface area contributed by atoms with Crippen LogP contribution in [-0.2, 0) is 12.0 Å². The molecule has 0 radical (unpaired) electrons. The Morgan fingerprint density at radius 2 is 1.92 bits per heavy atom. The lowest BCUT2D eigenvalue weighted by Gasteiger charge is -2.14. The third-order valence-electron chi connectivity index (χ3n) is 1.49. The summed E-state index contributed by atoms with van der Waals surface area (Å²) in [4.78, 5) is 4.39. The zero-order chi connectivity index (χ0) is 8.48. The van der Waals surface area contributed by atoms with Gasteiger partial charge in [-0.3, -0.25) is 0 Å². The Balaban J connectivity index is 0. The summed E-state index contributed by atoms with van der Waals surface area (Å²) in [5.41, 5.74) is 6.75. The number of aromatic nitrogens is 1. The highest BCUT2D eigenvalue weighted by atomic mass is 35.5. The Morgan fingerprint density at radius 1 is 1.38 bits per heavy atom. The van der Waals surface area contributed by atoms with Crippen LogP contribution in [-0.4, -0.2) is 4.98 Å². The summed E-state index contributed by atoms with van der Waals surface area (Å²) < 4.78 is 0. The van der Waals surface area contributed by atoms with Gasteiger partial charge in [0.1, 0.15) is 5.01 Å². The molecule has 1 heterocycles. The van der Waals surface area contributed by atoms with Gasteiger partial charge >= 0.3 is 0 Å². The summed E-state index contributed by atoms with van der Waals surface area (Å²) in [5, 5.41) is 3.11. The number of hydrogen-bond acceptors (Lipinski definition) is 3.